The van der Waals surface area contributed by atoms with Crippen molar-refractivity contribution in [3.8, 4) is 11.5 Å². The van der Waals surface area contributed by atoms with E-state index >= 15 is 0 Å². The minimum atomic E-state index is -0.650. The minimum Gasteiger partial charge on any atom is -0.505 e. The Hall–Kier alpha value is -1.46. The van der Waals surface area contributed by atoms with Crippen LogP contribution in [0, 0.1) is 5.82 Å². The molecule has 0 bridgehead atoms. The maximum atomic E-state index is 13.2. The summed E-state index contributed by atoms with van der Waals surface area (Å²) in [6.07, 6.45) is 0. The van der Waals surface area contributed by atoms with Crippen LogP contribution in [0.5, 0.6) is 11.5 Å². The topological polar surface area (TPSA) is 41.5 Å². The lowest BCUT2D eigenvalue weighted by molar-refractivity contribution is 0.414. The molecule has 2 aromatic carbocycles. The van der Waals surface area contributed by atoms with Crippen molar-refractivity contribution in [2.75, 3.05) is 12.4 Å². The molecule has 0 atom stereocenters. The van der Waals surface area contributed by atoms with Gasteiger partial charge in [-0.05, 0) is 45.8 Å². The molecule has 0 heterocycles. The molecular formula is C14H12BrClFNO2. The Balaban J connectivity index is 2.20. The lowest BCUT2D eigenvalue weighted by Crippen LogP contribution is -2.02. The van der Waals surface area contributed by atoms with Crippen LogP contribution >= 0.6 is 27.5 Å². The molecular weight excluding hydrogens is 349 g/mol. The fourth-order valence-corrected chi connectivity index (χ4v) is 2.73. The number of nitrogens with one attached hydrogen (secondary N) is 1. The number of hydrogen-bond donors (Lipinski definition) is 2. The van der Waals surface area contributed by atoms with Crippen molar-refractivity contribution in [2.45, 2.75) is 6.54 Å². The standard InChI is InChI=1S/C14H12BrClFNO2/c1-20-14-10(15)5-9(16)6-12(14)18-7-8-2-3-13(19)11(17)4-8/h2-6,18-19H,7H2,1H3. The highest BCUT2D eigenvalue weighted by molar-refractivity contribution is 9.10. The summed E-state index contributed by atoms with van der Waals surface area (Å²) in [4.78, 5) is 0. The molecule has 0 saturated heterocycles. The summed E-state index contributed by atoms with van der Waals surface area (Å²) in [6.45, 7) is 0.375. The molecule has 0 aliphatic heterocycles. The zero-order valence-electron chi connectivity index (χ0n) is 10.6. The van der Waals surface area contributed by atoms with Crippen LogP contribution in [0.1, 0.15) is 5.56 Å². The number of methoxy groups -OCH3 is 1. The van der Waals surface area contributed by atoms with Crippen molar-refractivity contribution in [1.29, 1.82) is 0 Å². The van der Waals surface area contributed by atoms with Crippen LogP contribution in [0.2, 0.25) is 5.02 Å². The van der Waals surface area contributed by atoms with Gasteiger partial charge in [0, 0.05) is 11.6 Å². The summed E-state index contributed by atoms with van der Waals surface area (Å²) in [7, 11) is 1.55. The first kappa shape index (κ1) is 14.9. The zero-order chi connectivity index (χ0) is 14.7. The third kappa shape index (κ3) is 3.35. The number of anilines is 1. The average Bonchev–Trinajstić information content (AvgIpc) is 2.39. The van der Waals surface area contributed by atoms with Gasteiger partial charge in [0.25, 0.3) is 0 Å². The Morgan fingerprint density at radius 2 is 2.10 bits per heavy atom. The van der Waals surface area contributed by atoms with Crippen molar-refractivity contribution in [1.82, 2.24) is 0 Å². The smallest absolute Gasteiger partial charge is 0.165 e. The van der Waals surface area contributed by atoms with E-state index in [4.69, 9.17) is 21.4 Å². The normalized spacial score (nSPS) is 10.4. The average molecular weight is 361 g/mol. The molecule has 0 aliphatic rings. The number of halogens is 3. The van der Waals surface area contributed by atoms with E-state index in [0.29, 0.717) is 28.6 Å². The van der Waals surface area contributed by atoms with E-state index in [0.717, 1.165) is 4.47 Å². The number of benzene rings is 2. The van der Waals surface area contributed by atoms with E-state index < -0.39 is 5.82 Å². The molecule has 2 aromatic rings. The fourth-order valence-electron chi connectivity index (χ4n) is 1.76. The summed E-state index contributed by atoms with van der Waals surface area (Å²) in [6, 6.07) is 7.68. The summed E-state index contributed by atoms with van der Waals surface area (Å²) >= 11 is 9.35. The Bertz CT molecular complexity index is 637. The second-order valence-corrected chi connectivity index (χ2v) is 5.40. The molecule has 0 spiro atoms. The van der Waals surface area contributed by atoms with Gasteiger partial charge in [-0.25, -0.2) is 4.39 Å². The largest absolute Gasteiger partial charge is 0.505 e. The van der Waals surface area contributed by atoms with E-state index in [1.54, 1.807) is 25.3 Å². The molecule has 0 aromatic heterocycles. The summed E-state index contributed by atoms with van der Waals surface area (Å²) in [5, 5.41) is 12.8. The minimum absolute atomic E-state index is 0.364. The van der Waals surface area contributed by atoms with Crippen molar-refractivity contribution < 1.29 is 14.2 Å². The molecule has 0 unspecified atom stereocenters. The first-order valence-electron chi connectivity index (χ1n) is 5.75. The maximum absolute atomic E-state index is 13.2. The highest BCUT2D eigenvalue weighted by atomic mass is 79.9. The van der Waals surface area contributed by atoms with Crippen LogP contribution in [0.15, 0.2) is 34.8 Å². The summed E-state index contributed by atoms with van der Waals surface area (Å²) in [5.74, 6) is -0.394. The van der Waals surface area contributed by atoms with Gasteiger partial charge in [-0.2, -0.15) is 0 Å². The summed E-state index contributed by atoms with van der Waals surface area (Å²) < 4.78 is 19.3. The number of aromatic hydroxyl groups is 1. The van der Waals surface area contributed by atoms with Gasteiger partial charge in [-0.1, -0.05) is 17.7 Å². The van der Waals surface area contributed by atoms with Gasteiger partial charge in [0.1, 0.15) is 0 Å². The van der Waals surface area contributed by atoms with Crippen molar-refractivity contribution in [3.05, 3.63) is 51.2 Å². The van der Waals surface area contributed by atoms with E-state index in [-0.39, 0.29) is 5.75 Å². The van der Waals surface area contributed by atoms with Crippen LogP contribution in [0.3, 0.4) is 0 Å². The lowest BCUT2D eigenvalue weighted by Gasteiger charge is -2.13. The van der Waals surface area contributed by atoms with E-state index in [1.165, 1.54) is 12.1 Å². The van der Waals surface area contributed by atoms with Crippen LogP contribution in [-0.2, 0) is 6.54 Å². The zero-order valence-corrected chi connectivity index (χ0v) is 12.9. The molecule has 3 nitrogen and oxygen atoms in total. The van der Waals surface area contributed by atoms with Gasteiger partial charge < -0.3 is 15.2 Å². The Labute approximate surface area is 129 Å². The van der Waals surface area contributed by atoms with Crippen molar-refractivity contribution >= 4 is 33.2 Å². The first-order chi connectivity index (χ1) is 9.51. The predicted octanol–water partition coefficient (Wildman–Crippen LogP) is 4.57. The second-order valence-electron chi connectivity index (χ2n) is 4.11. The number of phenolic OH excluding ortho intramolecular Hbond substituents is 1. The highest BCUT2D eigenvalue weighted by Gasteiger charge is 2.09. The molecule has 0 radical (unpaired) electrons. The third-order valence-electron chi connectivity index (χ3n) is 2.71. The molecule has 2 N–H and O–H groups in total. The monoisotopic (exact) mass is 359 g/mol. The molecule has 0 aliphatic carbocycles. The Morgan fingerprint density at radius 1 is 1.35 bits per heavy atom. The van der Waals surface area contributed by atoms with Gasteiger partial charge in [0.15, 0.2) is 17.3 Å². The maximum Gasteiger partial charge on any atom is 0.165 e. The predicted molar refractivity (Wildman–Crippen MR) is 81.1 cm³/mol. The Morgan fingerprint density at radius 3 is 2.75 bits per heavy atom. The van der Waals surface area contributed by atoms with E-state index in [9.17, 15) is 4.39 Å². The van der Waals surface area contributed by atoms with Gasteiger partial charge in [-0.15, -0.1) is 0 Å². The first-order valence-corrected chi connectivity index (χ1v) is 6.92. The van der Waals surface area contributed by atoms with Crippen LogP contribution < -0.4 is 10.1 Å². The molecule has 0 fully saturated rings. The number of phenols is 1. The second kappa shape index (κ2) is 6.33. The van der Waals surface area contributed by atoms with Crippen LogP contribution in [-0.4, -0.2) is 12.2 Å². The highest BCUT2D eigenvalue weighted by Crippen LogP contribution is 2.36. The van der Waals surface area contributed by atoms with E-state index in [2.05, 4.69) is 21.2 Å². The van der Waals surface area contributed by atoms with Crippen molar-refractivity contribution in [3.63, 3.8) is 0 Å². The van der Waals surface area contributed by atoms with E-state index in [1.807, 2.05) is 0 Å². The quantitative estimate of drug-likeness (QED) is 0.839. The van der Waals surface area contributed by atoms with Gasteiger partial charge in [-0.3, -0.25) is 0 Å². The number of ether oxygens (including phenoxy) is 1. The molecule has 6 heteroatoms. The molecule has 2 rings (SSSR count). The number of rotatable bonds is 4. The molecule has 0 saturated carbocycles. The molecule has 20 heavy (non-hydrogen) atoms. The van der Waals surface area contributed by atoms with Crippen LogP contribution in [0.25, 0.3) is 0 Å². The SMILES string of the molecule is COc1c(Br)cc(Cl)cc1NCc1ccc(O)c(F)c1. The van der Waals surface area contributed by atoms with Crippen molar-refractivity contribution in [2.24, 2.45) is 0 Å². The molecule has 0 amide bonds. The molecule has 106 valence electrons. The summed E-state index contributed by atoms with van der Waals surface area (Å²) in [5.41, 5.74) is 1.39. The van der Waals surface area contributed by atoms with Gasteiger partial charge in [0.2, 0.25) is 0 Å². The number of hydrogen-bond acceptors (Lipinski definition) is 3. The van der Waals surface area contributed by atoms with Crippen LogP contribution in [0.4, 0.5) is 10.1 Å². The van der Waals surface area contributed by atoms with Gasteiger partial charge in [0.05, 0.1) is 17.3 Å². The fraction of sp³-hybridized carbons (Fsp3) is 0.143. The Kier molecular flexibility index (Phi) is 4.73. The van der Waals surface area contributed by atoms with Gasteiger partial charge >= 0.3 is 0 Å². The third-order valence-corrected chi connectivity index (χ3v) is 3.51. The lowest BCUT2D eigenvalue weighted by atomic mass is 10.2.